The van der Waals surface area contributed by atoms with E-state index in [1.807, 2.05) is 0 Å². The van der Waals surface area contributed by atoms with Gasteiger partial charge < -0.3 is 19.7 Å². The summed E-state index contributed by atoms with van der Waals surface area (Å²) in [6.45, 7) is 0. The number of amides is 1. The zero-order valence-electron chi connectivity index (χ0n) is 17.0. The lowest BCUT2D eigenvalue weighted by Crippen LogP contribution is -2.30. The van der Waals surface area contributed by atoms with Crippen molar-refractivity contribution in [3.8, 4) is 11.5 Å². The van der Waals surface area contributed by atoms with Crippen molar-refractivity contribution in [3.05, 3.63) is 99.5 Å². The van der Waals surface area contributed by atoms with Crippen LogP contribution < -0.4 is 10.1 Å². The molecule has 0 aliphatic heterocycles. The zero-order valence-corrected chi connectivity index (χ0v) is 20.2. The molecule has 0 heterocycles. The summed E-state index contributed by atoms with van der Waals surface area (Å²) in [5, 5.41) is 22.5. The highest BCUT2D eigenvalue weighted by Crippen LogP contribution is 2.39. The minimum absolute atomic E-state index is 0.180. The van der Waals surface area contributed by atoms with Gasteiger partial charge in [0.1, 0.15) is 11.5 Å². The molecule has 7 nitrogen and oxygen atoms in total. The van der Waals surface area contributed by atoms with Crippen LogP contribution in [0.25, 0.3) is 0 Å². The number of hydrogen-bond donors (Lipinski definition) is 3. The molecule has 2 atom stereocenters. The van der Waals surface area contributed by atoms with Crippen LogP contribution in [-0.2, 0) is 9.53 Å². The van der Waals surface area contributed by atoms with Gasteiger partial charge in [0.2, 0.25) is 0 Å². The van der Waals surface area contributed by atoms with E-state index in [0.29, 0.717) is 20.4 Å². The number of hydrogen-bond acceptors (Lipinski definition) is 5. The predicted molar refractivity (Wildman–Crippen MR) is 130 cm³/mol. The first kappa shape index (κ1) is 24.3. The second-order valence-electron chi connectivity index (χ2n) is 6.74. The quantitative estimate of drug-likeness (QED) is 0.272. The molecule has 3 aromatic rings. The standard InChI is InChI=1S/C24H19Br2NO6/c25-15-13-18(22(30)19(26)14-15)23(33-24(31)27-16-7-3-1-4-8-16)20(11-12-21(28)29)32-17-9-5-2-6-10-17/h1-14,20,23,30H,(H,27,31)(H,28,29)/b12-11+/t20-,23-/m0/s1. The average Bonchev–Trinajstić information content (AvgIpc) is 2.79. The van der Waals surface area contributed by atoms with Crippen LogP contribution in [0.4, 0.5) is 10.5 Å². The van der Waals surface area contributed by atoms with Crippen LogP contribution in [0.2, 0.25) is 0 Å². The Labute approximate surface area is 206 Å². The van der Waals surface area contributed by atoms with Crippen LogP contribution in [-0.4, -0.2) is 28.4 Å². The Morgan fingerprint density at radius 2 is 1.61 bits per heavy atom. The molecule has 170 valence electrons. The van der Waals surface area contributed by atoms with Gasteiger partial charge in [-0.05, 0) is 58.4 Å². The maximum Gasteiger partial charge on any atom is 0.412 e. The van der Waals surface area contributed by atoms with Crippen molar-refractivity contribution in [1.82, 2.24) is 0 Å². The van der Waals surface area contributed by atoms with Crippen LogP contribution in [0.3, 0.4) is 0 Å². The summed E-state index contributed by atoms with van der Waals surface area (Å²) in [6.07, 6.45) is -0.963. The zero-order chi connectivity index (χ0) is 23.8. The highest BCUT2D eigenvalue weighted by atomic mass is 79.9. The van der Waals surface area contributed by atoms with E-state index in [4.69, 9.17) is 9.47 Å². The van der Waals surface area contributed by atoms with Crippen molar-refractivity contribution in [2.24, 2.45) is 0 Å². The number of halogens is 2. The van der Waals surface area contributed by atoms with E-state index in [1.54, 1.807) is 72.8 Å². The molecule has 33 heavy (non-hydrogen) atoms. The molecule has 0 aliphatic rings. The fourth-order valence-electron chi connectivity index (χ4n) is 2.93. The number of para-hydroxylation sites is 2. The third-order valence-electron chi connectivity index (χ3n) is 4.36. The molecular formula is C24H19Br2NO6. The molecule has 0 fully saturated rings. The number of phenolic OH excluding ortho intramolecular Hbond substituents is 1. The van der Waals surface area contributed by atoms with E-state index in [-0.39, 0.29) is 11.3 Å². The normalized spacial score (nSPS) is 12.7. The number of benzene rings is 3. The van der Waals surface area contributed by atoms with Crippen molar-refractivity contribution >= 4 is 49.6 Å². The summed E-state index contributed by atoms with van der Waals surface area (Å²) in [4.78, 5) is 24.0. The van der Waals surface area contributed by atoms with E-state index in [0.717, 1.165) is 6.08 Å². The van der Waals surface area contributed by atoms with Gasteiger partial charge in [-0.3, -0.25) is 5.32 Å². The van der Waals surface area contributed by atoms with Crippen molar-refractivity contribution in [1.29, 1.82) is 0 Å². The number of phenols is 1. The van der Waals surface area contributed by atoms with Gasteiger partial charge in [-0.2, -0.15) is 0 Å². The summed E-state index contributed by atoms with van der Waals surface area (Å²) in [5.41, 5.74) is 0.706. The third-order valence-corrected chi connectivity index (χ3v) is 5.42. The second-order valence-corrected chi connectivity index (χ2v) is 8.51. The lowest BCUT2D eigenvalue weighted by molar-refractivity contribution is -0.131. The van der Waals surface area contributed by atoms with Gasteiger partial charge in [0, 0.05) is 21.8 Å². The molecule has 3 aromatic carbocycles. The molecule has 3 rings (SSSR count). The number of carbonyl (C=O) groups excluding carboxylic acids is 1. The Bertz CT molecular complexity index is 1140. The Hall–Kier alpha value is -3.30. The maximum atomic E-state index is 12.7. The molecule has 0 radical (unpaired) electrons. The van der Waals surface area contributed by atoms with E-state index in [9.17, 15) is 19.8 Å². The first-order valence-corrected chi connectivity index (χ1v) is 11.3. The molecule has 9 heteroatoms. The Morgan fingerprint density at radius 3 is 2.24 bits per heavy atom. The molecule has 0 saturated heterocycles. The van der Waals surface area contributed by atoms with Crippen LogP contribution in [0.1, 0.15) is 11.7 Å². The average molecular weight is 577 g/mol. The smallest absolute Gasteiger partial charge is 0.412 e. The molecule has 0 unspecified atom stereocenters. The molecule has 0 aromatic heterocycles. The molecule has 0 aliphatic carbocycles. The predicted octanol–water partition coefficient (Wildman–Crippen LogP) is 6.30. The first-order valence-electron chi connectivity index (χ1n) is 9.67. The topological polar surface area (TPSA) is 105 Å². The van der Waals surface area contributed by atoms with Gasteiger partial charge >= 0.3 is 12.1 Å². The van der Waals surface area contributed by atoms with Gasteiger partial charge in [0.15, 0.2) is 12.2 Å². The molecule has 0 spiro atoms. The number of aliphatic carboxylic acids is 1. The summed E-state index contributed by atoms with van der Waals surface area (Å²) in [7, 11) is 0. The first-order chi connectivity index (χ1) is 15.8. The summed E-state index contributed by atoms with van der Waals surface area (Å²) < 4.78 is 12.6. The van der Waals surface area contributed by atoms with E-state index < -0.39 is 24.3 Å². The number of carboxylic acids is 1. The van der Waals surface area contributed by atoms with Crippen molar-refractivity contribution < 1.29 is 29.3 Å². The lowest BCUT2D eigenvalue weighted by atomic mass is 10.0. The molecular weight excluding hydrogens is 558 g/mol. The number of anilines is 1. The van der Waals surface area contributed by atoms with E-state index in [2.05, 4.69) is 37.2 Å². The number of carbonyl (C=O) groups is 2. The summed E-state index contributed by atoms with van der Waals surface area (Å²) in [6, 6.07) is 20.5. The third kappa shape index (κ3) is 7.10. The fraction of sp³-hybridized carbons (Fsp3) is 0.0833. The second kappa shape index (κ2) is 11.5. The van der Waals surface area contributed by atoms with Crippen molar-refractivity contribution in [2.75, 3.05) is 5.32 Å². The number of nitrogens with one attached hydrogen (secondary N) is 1. The fourth-order valence-corrected chi connectivity index (χ4v) is 4.19. The molecule has 0 saturated carbocycles. The summed E-state index contributed by atoms with van der Waals surface area (Å²) in [5.74, 6) is -0.965. The van der Waals surface area contributed by atoms with Crippen LogP contribution in [0.15, 0.2) is 93.9 Å². The van der Waals surface area contributed by atoms with Gasteiger partial charge in [0.05, 0.1) is 4.47 Å². The van der Waals surface area contributed by atoms with Gasteiger partial charge in [0.25, 0.3) is 0 Å². The Morgan fingerprint density at radius 1 is 0.970 bits per heavy atom. The van der Waals surface area contributed by atoms with Crippen molar-refractivity contribution in [3.63, 3.8) is 0 Å². The Balaban J connectivity index is 2.02. The molecule has 3 N–H and O–H groups in total. The summed E-state index contributed by atoms with van der Waals surface area (Å²) >= 11 is 6.64. The SMILES string of the molecule is O=C(O)/C=C/[C@H](Oc1ccccc1)[C@@H](OC(=O)Nc1ccccc1)c1cc(Br)cc(Br)c1O. The van der Waals surface area contributed by atoms with Crippen LogP contribution in [0, 0.1) is 0 Å². The highest BCUT2D eigenvalue weighted by molar-refractivity contribution is 9.11. The lowest BCUT2D eigenvalue weighted by Gasteiger charge is -2.27. The van der Waals surface area contributed by atoms with E-state index >= 15 is 0 Å². The maximum absolute atomic E-state index is 12.7. The van der Waals surface area contributed by atoms with Gasteiger partial charge in [-0.1, -0.05) is 52.3 Å². The number of carboxylic acid groups (broad SMARTS) is 1. The number of ether oxygens (including phenoxy) is 2. The van der Waals surface area contributed by atoms with E-state index in [1.165, 1.54) is 6.08 Å². The Kier molecular flexibility index (Phi) is 8.51. The highest BCUT2D eigenvalue weighted by Gasteiger charge is 2.31. The number of rotatable bonds is 8. The minimum Gasteiger partial charge on any atom is -0.506 e. The van der Waals surface area contributed by atoms with Crippen LogP contribution in [0.5, 0.6) is 11.5 Å². The number of aromatic hydroxyl groups is 1. The van der Waals surface area contributed by atoms with Gasteiger partial charge in [-0.25, -0.2) is 9.59 Å². The van der Waals surface area contributed by atoms with Gasteiger partial charge in [-0.15, -0.1) is 0 Å². The monoisotopic (exact) mass is 575 g/mol. The largest absolute Gasteiger partial charge is 0.506 e. The van der Waals surface area contributed by atoms with Crippen molar-refractivity contribution in [2.45, 2.75) is 12.2 Å². The minimum atomic E-state index is -1.21. The molecule has 0 bridgehead atoms. The van der Waals surface area contributed by atoms with Crippen LogP contribution >= 0.6 is 31.9 Å². The molecule has 1 amide bonds.